The zero-order valence-corrected chi connectivity index (χ0v) is 14.0. The number of aliphatic hydroxyl groups excluding tert-OH is 1. The van der Waals surface area contributed by atoms with Crippen LogP contribution in [0.2, 0.25) is 0 Å². The van der Waals surface area contributed by atoms with Crippen molar-refractivity contribution in [3.8, 4) is 0 Å². The van der Waals surface area contributed by atoms with Crippen LogP contribution in [0.1, 0.15) is 32.9 Å². The summed E-state index contributed by atoms with van der Waals surface area (Å²) in [6, 6.07) is 5.02. The summed E-state index contributed by atoms with van der Waals surface area (Å²) in [6.07, 6.45) is -1.61. The first-order valence-corrected chi connectivity index (χ1v) is 8.04. The van der Waals surface area contributed by atoms with E-state index in [4.69, 9.17) is 5.11 Å². The van der Waals surface area contributed by atoms with Crippen molar-refractivity contribution in [2.24, 2.45) is 4.40 Å². The van der Waals surface area contributed by atoms with E-state index in [0.717, 1.165) is 0 Å². The Morgan fingerprint density at radius 1 is 1.55 bits per heavy atom. The summed E-state index contributed by atoms with van der Waals surface area (Å²) >= 11 is 1.62. The van der Waals surface area contributed by atoms with Crippen LogP contribution in [-0.2, 0) is 11.4 Å². The summed E-state index contributed by atoms with van der Waals surface area (Å²) < 4.78 is 30.2. The van der Waals surface area contributed by atoms with Crippen LogP contribution in [0.15, 0.2) is 27.2 Å². The van der Waals surface area contributed by atoms with Gasteiger partial charge in [-0.1, -0.05) is 10.5 Å². The third-order valence-electron chi connectivity index (χ3n) is 2.36. The largest absolute Gasteiger partial charge is 0.591 e. The van der Waals surface area contributed by atoms with Gasteiger partial charge in [-0.05, 0) is 48.8 Å². The average molecular weight is 365 g/mol. The predicted octanol–water partition coefficient (Wildman–Crippen LogP) is 2.82. The number of hydrogen-bond acceptors (Lipinski definition) is 4. The van der Waals surface area contributed by atoms with Gasteiger partial charge < -0.3 is 9.66 Å². The molecule has 2 atom stereocenters. The van der Waals surface area contributed by atoms with Gasteiger partial charge in [0.1, 0.15) is 20.7 Å². The maximum atomic E-state index is 14.2. The number of nitrogens with zero attached hydrogens (tertiary/aromatic N) is 2. The molecule has 0 radical (unpaired) electrons. The lowest BCUT2D eigenvalue weighted by Gasteiger charge is -2.20. The number of aromatic nitrogens is 1. The molecule has 0 aliphatic carbocycles. The molecule has 0 aliphatic heterocycles. The molecule has 7 heteroatoms. The molecular weight excluding hydrogens is 347 g/mol. The van der Waals surface area contributed by atoms with Gasteiger partial charge >= 0.3 is 0 Å². The van der Waals surface area contributed by atoms with Crippen LogP contribution in [0.5, 0.6) is 0 Å². The van der Waals surface area contributed by atoms with E-state index in [0.29, 0.717) is 10.3 Å². The molecule has 0 fully saturated rings. The molecule has 0 saturated heterocycles. The summed E-state index contributed by atoms with van der Waals surface area (Å²) in [7, 11) is 0. The Hall–Kier alpha value is -0.500. The second-order valence-electron chi connectivity index (χ2n) is 5.16. The van der Waals surface area contributed by atoms with E-state index >= 15 is 0 Å². The zero-order chi connectivity index (χ0) is 15.3. The predicted molar refractivity (Wildman–Crippen MR) is 83.0 cm³/mol. The number of halogens is 2. The molecule has 4 nitrogen and oxygen atoms in total. The SMILES string of the molecule is CC(C)(C)[S@@+]([O-])/N=C(\c1cccc(Br)n1)C(F)CCO. The highest BCUT2D eigenvalue weighted by molar-refractivity contribution is 9.10. The molecule has 1 heterocycles. The highest BCUT2D eigenvalue weighted by Gasteiger charge is 2.30. The molecule has 1 aromatic rings. The third kappa shape index (κ3) is 5.12. The van der Waals surface area contributed by atoms with E-state index in [2.05, 4.69) is 25.3 Å². The number of pyridine rings is 1. The summed E-state index contributed by atoms with van der Waals surface area (Å²) in [5.41, 5.74) is 0.325. The van der Waals surface area contributed by atoms with Crippen LogP contribution < -0.4 is 0 Å². The normalized spacial score (nSPS) is 16.1. The van der Waals surface area contributed by atoms with Gasteiger partial charge in [-0.15, -0.1) is 0 Å². The molecule has 0 amide bonds. The minimum atomic E-state index is -1.59. The van der Waals surface area contributed by atoms with Gasteiger partial charge in [-0.3, -0.25) is 0 Å². The first kappa shape index (κ1) is 17.6. The fraction of sp³-hybridized carbons (Fsp3) is 0.538. The van der Waals surface area contributed by atoms with Crippen molar-refractivity contribution >= 4 is 33.0 Å². The van der Waals surface area contributed by atoms with Crippen molar-refractivity contribution in [3.63, 3.8) is 0 Å². The molecule has 1 rings (SSSR count). The topological polar surface area (TPSA) is 68.5 Å². The summed E-state index contributed by atoms with van der Waals surface area (Å²) in [5.74, 6) is 0. The van der Waals surface area contributed by atoms with Gasteiger partial charge in [-0.25, -0.2) is 9.37 Å². The Bertz CT molecular complexity index is 480. The van der Waals surface area contributed by atoms with E-state index in [-0.39, 0.29) is 18.7 Å². The Morgan fingerprint density at radius 2 is 2.20 bits per heavy atom. The van der Waals surface area contributed by atoms with Crippen molar-refractivity contribution in [1.82, 2.24) is 4.98 Å². The fourth-order valence-electron chi connectivity index (χ4n) is 1.29. The lowest BCUT2D eigenvalue weighted by Crippen LogP contribution is -2.29. The molecule has 112 valence electrons. The van der Waals surface area contributed by atoms with Crippen LogP contribution in [0, 0.1) is 0 Å². The molecule has 1 unspecified atom stereocenters. The molecule has 0 aromatic carbocycles. The standard InChI is InChI=1S/C13H18BrFN2O2S/c1-13(2,3)20(19)17-12(9(15)7-8-18)10-5-4-6-11(14)16-10/h4-6,9,18H,7-8H2,1-3H3/b17-12-/t9?,20-/m1/s1. The number of aliphatic hydroxyl groups is 1. The third-order valence-corrected chi connectivity index (χ3v) is 4.21. The van der Waals surface area contributed by atoms with E-state index in [1.807, 2.05) is 0 Å². The Labute approximate surface area is 130 Å². The van der Waals surface area contributed by atoms with Crippen molar-refractivity contribution in [1.29, 1.82) is 0 Å². The number of hydrogen-bond donors (Lipinski definition) is 1. The van der Waals surface area contributed by atoms with Gasteiger partial charge in [-0.2, -0.15) is 0 Å². The van der Waals surface area contributed by atoms with E-state index in [9.17, 15) is 8.94 Å². The Morgan fingerprint density at radius 3 is 2.70 bits per heavy atom. The average Bonchev–Trinajstić information content (AvgIpc) is 2.34. The van der Waals surface area contributed by atoms with Gasteiger partial charge in [0.05, 0.1) is 5.69 Å². The Kier molecular flexibility index (Phi) is 6.57. The van der Waals surface area contributed by atoms with Crippen LogP contribution in [0.4, 0.5) is 4.39 Å². The highest BCUT2D eigenvalue weighted by atomic mass is 79.9. The summed E-state index contributed by atoms with van der Waals surface area (Å²) in [4.78, 5) is 4.14. The molecule has 0 spiro atoms. The molecule has 0 bridgehead atoms. The minimum Gasteiger partial charge on any atom is -0.591 e. The zero-order valence-electron chi connectivity index (χ0n) is 11.6. The molecule has 1 aromatic heterocycles. The lowest BCUT2D eigenvalue weighted by molar-refractivity contribution is 0.251. The van der Waals surface area contributed by atoms with Crippen molar-refractivity contribution in [2.75, 3.05) is 6.61 Å². The van der Waals surface area contributed by atoms with Crippen molar-refractivity contribution in [3.05, 3.63) is 28.5 Å². The van der Waals surface area contributed by atoms with Crippen LogP contribution >= 0.6 is 15.9 Å². The second-order valence-corrected chi connectivity index (χ2v) is 7.88. The van der Waals surface area contributed by atoms with Crippen molar-refractivity contribution < 1.29 is 14.0 Å². The van der Waals surface area contributed by atoms with Gasteiger partial charge in [0, 0.05) is 13.0 Å². The lowest BCUT2D eigenvalue weighted by atomic mass is 10.1. The number of rotatable bonds is 5. The van der Waals surface area contributed by atoms with E-state index < -0.39 is 22.3 Å². The van der Waals surface area contributed by atoms with Gasteiger partial charge in [0.2, 0.25) is 0 Å². The summed E-state index contributed by atoms with van der Waals surface area (Å²) in [5, 5.41) is 8.88. The monoisotopic (exact) mass is 364 g/mol. The smallest absolute Gasteiger partial charge is 0.151 e. The van der Waals surface area contributed by atoms with Gasteiger partial charge in [0.15, 0.2) is 11.9 Å². The van der Waals surface area contributed by atoms with E-state index in [1.54, 1.807) is 39.0 Å². The highest BCUT2D eigenvalue weighted by Crippen LogP contribution is 2.20. The van der Waals surface area contributed by atoms with Crippen LogP contribution in [0.25, 0.3) is 0 Å². The first-order valence-electron chi connectivity index (χ1n) is 6.14. The van der Waals surface area contributed by atoms with E-state index in [1.165, 1.54) is 0 Å². The Balaban J connectivity index is 3.18. The molecule has 0 aliphatic rings. The summed E-state index contributed by atoms with van der Waals surface area (Å²) in [6.45, 7) is 4.98. The first-order chi connectivity index (χ1) is 9.25. The second kappa shape index (κ2) is 7.49. The quantitative estimate of drug-likeness (QED) is 0.496. The molecule has 20 heavy (non-hydrogen) atoms. The minimum absolute atomic E-state index is 0.00797. The molecule has 0 saturated carbocycles. The van der Waals surface area contributed by atoms with Crippen molar-refractivity contribution in [2.45, 2.75) is 38.1 Å². The molecule has 1 N–H and O–H groups in total. The maximum Gasteiger partial charge on any atom is 0.151 e. The molecular formula is C13H18BrFN2O2S. The van der Waals surface area contributed by atoms with Crippen LogP contribution in [0.3, 0.4) is 0 Å². The maximum absolute atomic E-state index is 14.2. The number of alkyl halides is 1. The van der Waals surface area contributed by atoms with Crippen LogP contribution in [-0.4, -0.2) is 37.9 Å². The fourth-order valence-corrected chi connectivity index (χ4v) is 2.30. The van der Waals surface area contributed by atoms with Gasteiger partial charge in [0.25, 0.3) is 0 Å².